The maximum atomic E-state index is 10.8. The minimum atomic E-state index is -0.420. The van der Waals surface area contributed by atoms with Gasteiger partial charge < -0.3 is 4.42 Å². The lowest BCUT2D eigenvalue weighted by Crippen LogP contribution is -1.87. The van der Waals surface area contributed by atoms with Gasteiger partial charge in [0, 0.05) is 28.5 Å². The van der Waals surface area contributed by atoms with Crippen LogP contribution in [-0.4, -0.2) is 9.91 Å². The normalized spacial score (nSPS) is 11.4. The van der Waals surface area contributed by atoms with Gasteiger partial charge in [-0.25, -0.2) is 4.98 Å². The fourth-order valence-corrected chi connectivity index (χ4v) is 3.37. The van der Waals surface area contributed by atoms with Crippen molar-refractivity contribution >= 4 is 38.3 Å². The van der Waals surface area contributed by atoms with Gasteiger partial charge in [-0.3, -0.25) is 10.1 Å². The Balaban J connectivity index is 1.83. The van der Waals surface area contributed by atoms with Gasteiger partial charge in [-0.1, -0.05) is 48.5 Å². The van der Waals surface area contributed by atoms with E-state index in [0.717, 1.165) is 32.6 Å². The topological polar surface area (TPSA) is 69.2 Å². The summed E-state index contributed by atoms with van der Waals surface area (Å²) in [7, 11) is 0. The minimum Gasteiger partial charge on any atom is -0.435 e. The maximum absolute atomic E-state index is 10.8. The quantitative estimate of drug-likeness (QED) is 0.234. The predicted molar refractivity (Wildman–Crippen MR) is 101 cm³/mol. The van der Waals surface area contributed by atoms with Crippen LogP contribution in [0.1, 0.15) is 0 Å². The number of fused-ring (bicyclic) bond motifs is 6. The van der Waals surface area contributed by atoms with E-state index in [2.05, 4.69) is 12.1 Å². The van der Waals surface area contributed by atoms with Crippen LogP contribution in [0.4, 0.5) is 5.69 Å². The highest BCUT2D eigenvalue weighted by Gasteiger charge is 2.16. The molecule has 0 saturated heterocycles. The molecule has 5 heteroatoms. The van der Waals surface area contributed by atoms with Crippen LogP contribution in [0, 0.1) is 10.1 Å². The molecule has 5 aromatic rings. The molecule has 0 N–H and O–H groups in total. The number of nitrogens with zero attached hydrogens (tertiary/aromatic N) is 2. The zero-order valence-electron chi connectivity index (χ0n) is 13.5. The number of non-ortho nitro benzene ring substituents is 1. The van der Waals surface area contributed by atoms with E-state index in [9.17, 15) is 10.1 Å². The van der Waals surface area contributed by atoms with E-state index in [-0.39, 0.29) is 5.69 Å². The zero-order chi connectivity index (χ0) is 17.7. The van der Waals surface area contributed by atoms with Crippen molar-refractivity contribution in [2.75, 3.05) is 0 Å². The second-order valence-corrected chi connectivity index (χ2v) is 6.09. The highest BCUT2D eigenvalue weighted by molar-refractivity contribution is 6.22. The first kappa shape index (κ1) is 14.6. The third kappa shape index (κ3) is 2.07. The summed E-state index contributed by atoms with van der Waals surface area (Å²) in [6, 6.07) is 22.4. The first-order valence-corrected chi connectivity index (χ1v) is 8.17. The number of rotatable bonds is 2. The summed E-state index contributed by atoms with van der Waals surface area (Å²) < 4.78 is 6.09. The number of nitro benzene ring substituents is 1. The van der Waals surface area contributed by atoms with Gasteiger partial charge in [-0.15, -0.1) is 0 Å². The number of oxazole rings is 1. The Kier molecular flexibility index (Phi) is 3.03. The Hall–Kier alpha value is -3.73. The standard InChI is InChI=1S/C21H12N2O3/c24-23(25)14-11-9-13(10-12-14)21-22-19-17-7-3-1-5-15(17)16-6-2-4-8-18(16)20(19)26-21/h1-12H. The molecule has 0 fully saturated rings. The molecule has 0 saturated carbocycles. The van der Waals surface area contributed by atoms with Crippen LogP contribution < -0.4 is 0 Å². The molecular weight excluding hydrogens is 328 g/mol. The Morgan fingerprint density at radius 3 is 2.00 bits per heavy atom. The van der Waals surface area contributed by atoms with Crippen LogP contribution >= 0.6 is 0 Å². The van der Waals surface area contributed by atoms with E-state index in [1.807, 2.05) is 36.4 Å². The molecule has 26 heavy (non-hydrogen) atoms. The molecule has 0 aliphatic rings. The molecule has 0 radical (unpaired) electrons. The van der Waals surface area contributed by atoms with Crippen molar-refractivity contribution < 1.29 is 9.34 Å². The van der Waals surface area contributed by atoms with Crippen molar-refractivity contribution in [3.8, 4) is 11.5 Å². The molecule has 1 heterocycles. The molecule has 0 amide bonds. The number of benzene rings is 4. The lowest BCUT2D eigenvalue weighted by molar-refractivity contribution is -0.384. The smallest absolute Gasteiger partial charge is 0.269 e. The lowest BCUT2D eigenvalue weighted by Gasteiger charge is -2.04. The first-order valence-electron chi connectivity index (χ1n) is 8.17. The Morgan fingerprint density at radius 1 is 0.769 bits per heavy atom. The van der Waals surface area contributed by atoms with Crippen molar-refractivity contribution in [2.45, 2.75) is 0 Å². The second kappa shape index (κ2) is 5.39. The van der Waals surface area contributed by atoms with E-state index >= 15 is 0 Å². The Bertz CT molecular complexity index is 1230. The summed E-state index contributed by atoms with van der Waals surface area (Å²) in [6.45, 7) is 0. The number of hydrogen-bond donors (Lipinski definition) is 0. The van der Waals surface area contributed by atoms with Crippen LogP contribution in [-0.2, 0) is 0 Å². The zero-order valence-corrected chi connectivity index (χ0v) is 13.5. The molecule has 0 bridgehead atoms. The van der Waals surface area contributed by atoms with Crippen molar-refractivity contribution in [3.05, 3.63) is 82.9 Å². The maximum Gasteiger partial charge on any atom is 0.269 e. The van der Waals surface area contributed by atoms with Crippen molar-refractivity contribution in [2.24, 2.45) is 0 Å². The van der Waals surface area contributed by atoms with Crippen LogP contribution in [0.2, 0.25) is 0 Å². The van der Waals surface area contributed by atoms with E-state index in [4.69, 9.17) is 9.40 Å². The van der Waals surface area contributed by atoms with Gasteiger partial charge in [-0.05, 0) is 22.9 Å². The average molecular weight is 340 g/mol. The molecule has 5 rings (SSSR count). The molecule has 0 unspecified atom stereocenters. The van der Waals surface area contributed by atoms with Crippen LogP contribution in [0.5, 0.6) is 0 Å². The first-order chi connectivity index (χ1) is 12.7. The van der Waals surface area contributed by atoms with Gasteiger partial charge >= 0.3 is 0 Å². The third-order valence-corrected chi connectivity index (χ3v) is 4.60. The van der Waals surface area contributed by atoms with Gasteiger partial charge in [-0.2, -0.15) is 0 Å². The number of aromatic nitrogens is 1. The SMILES string of the molecule is O=[N+]([O-])c1ccc(-c2nc3c4ccccc4c4ccccc4c3o2)cc1. The fourth-order valence-electron chi connectivity index (χ4n) is 3.37. The monoisotopic (exact) mass is 340 g/mol. The van der Waals surface area contributed by atoms with Crippen LogP contribution in [0.15, 0.2) is 77.2 Å². The highest BCUT2D eigenvalue weighted by atomic mass is 16.6. The summed E-state index contributed by atoms with van der Waals surface area (Å²) in [5.74, 6) is 0.455. The van der Waals surface area contributed by atoms with Gasteiger partial charge in [0.1, 0.15) is 5.52 Å². The van der Waals surface area contributed by atoms with Crippen LogP contribution in [0.25, 0.3) is 44.1 Å². The number of nitro groups is 1. The third-order valence-electron chi connectivity index (χ3n) is 4.60. The fraction of sp³-hybridized carbons (Fsp3) is 0. The highest BCUT2D eigenvalue weighted by Crippen LogP contribution is 2.37. The minimum absolute atomic E-state index is 0.0424. The van der Waals surface area contributed by atoms with Gasteiger partial charge in [0.2, 0.25) is 5.89 Å². The molecular formula is C21H12N2O3. The van der Waals surface area contributed by atoms with E-state index < -0.39 is 4.92 Å². The Labute approximate surface area is 147 Å². The molecule has 1 aromatic heterocycles. The summed E-state index contributed by atoms with van der Waals surface area (Å²) in [5.41, 5.74) is 2.28. The van der Waals surface area contributed by atoms with Gasteiger partial charge in [0.25, 0.3) is 5.69 Å². The van der Waals surface area contributed by atoms with E-state index in [0.29, 0.717) is 11.5 Å². The van der Waals surface area contributed by atoms with Gasteiger partial charge in [0.05, 0.1) is 4.92 Å². The molecule has 0 spiro atoms. The Morgan fingerprint density at radius 2 is 1.35 bits per heavy atom. The predicted octanol–water partition coefficient (Wildman–Crippen LogP) is 5.71. The second-order valence-electron chi connectivity index (χ2n) is 6.09. The van der Waals surface area contributed by atoms with Crippen molar-refractivity contribution in [1.82, 2.24) is 4.98 Å². The molecule has 5 nitrogen and oxygen atoms in total. The largest absolute Gasteiger partial charge is 0.435 e. The van der Waals surface area contributed by atoms with E-state index in [1.54, 1.807) is 12.1 Å². The van der Waals surface area contributed by atoms with Gasteiger partial charge in [0.15, 0.2) is 5.58 Å². The lowest BCUT2D eigenvalue weighted by atomic mass is 10.0. The summed E-state index contributed by atoms with van der Waals surface area (Å²) in [5, 5.41) is 15.1. The summed E-state index contributed by atoms with van der Waals surface area (Å²) in [4.78, 5) is 15.1. The average Bonchev–Trinajstić information content (AvgIpc) is 3.14. The number of hydrogen-bond acceptors (Lipinski definition) is 4. The summed E-state index contributed by atoms with van der Waals surface area (Å²) in [6.07, 6.45) is 0. The van der Waals surface area contributed by atoms with Crippen LogP contribution in [0.3, 0.4) is 0 Å². The van der Waals surface area contributed by atoms with Crippen molar-refractivity contribution in [3.63, 3.8) is 0 Å². The molecule has 124 valence electrons. The molecule has 4 aromatic carbocycles. The summed E-state index contributed by atoms with van der Waals surface area (Å²) >= 11 is 0. The van der Waals surface area contributed by atoms with E-state index in [1.165, 1.54) is 12.1 Å². The van der Waals surface area contributed by atoms with Crippen molar-refractivity contribution in [1.29, 1.82) is 0 Å². The molecule has 0 aliphatic heterocycles. The molecule has 0 aliphatic carbocycles. The molecule has 0 atom stereocenters.